The Balaban J connectivity index is 1.56. The number of hydrogen-bond acceptors (Lipinski definition) is 6. The normalized spacial score (nSPS) is 21.0. The van der Waals surface area contributed by atoms with E-state index in [1.54, 1.807) is 18.0 Å². The Morgan fingerprint density at radius 3 is 3.09 bits per heavy atom. The number of methoxy groups -OCH3 is 1. The van der Waals surface area contributed by atoms with Crippen LogP contribution in [0.25, 0.3) is 0 Å². The summed E-state index contributed by atoms with van der Waals surface area (Å²) < 4.78 is 18.3. The summed E-state index contributed by atoms with van der Waals surface area (Å²) in [5, 5.41) is 7.53. The van der Waals surface area contributed by atoms with Gasteiger partial charge in [0.1, 0.15) is 6.10 Å². The smallest absolute Gasteiger partial charge is 0.213 e. The molecule has 0 spiro atoms. The van der Waals surface area contributed by atoms with Gasteiger partial charge in [0.15, 0.2) is 5.75 Å². The van der Waals surface area contributed by atoms with E-state index in [0.29, 0.717) is 25.6 Å². The first kappa shape index (κ1) is 14.8. The molecule has 2 aromatic heterocycles. The van der Waals surface area contributed by atoms with E-state index in [4.69, 9.17) is 14.2 Å². The van der Waals surface area contributed by atoms with E-state index in [2.05, 4.69) is 15.4 Å². The Morgan fingerprint density at radius 1 is 1.41 bits per heavy atom. The number of aryl methyl sites for hydroxylation is 1. The molecule has 2 aromatic rings. The summed E-state index contributed by atoms with van der Waals surface area (Å²) in [7, 11) is 3.48. The van der Waals surface area contributed by atoms with Gasteiger partial charge in [-0.15, -0.1) is 0 Å². The van der Waals surface area contributed by atoms with Crippen molar-refractivity contribution >= 4 is 0 Å². The lowest BCUT2D eigenvalue weighted by Gasteiger charge is -2.19. The monoisotopic (exact) mass is 304 g/mol. The molecule has 1 aliphatic heterocycles. The SMILES string of the molecule is COc1cccc(CN[C@H]2COC[C@H]2Oc2cnn(C)c2)n1. The molecule has 7 nitrogen and oxygen atoms in total. The van der Waals surface area contributed by atoms with Crippen LogP contribution in [0.3, 0.4) is 0 Å². The highest BCUT2D eigenvalue weighted by molar-refractivity contribution is 5.16. The molecule has 3 heterocycles. The summed E-state index contributed by atoms with van der Waals surface area (Å²) in [5.74, 6) is 1.37. The maximum Gasteiger partial charge on any atom is 0.213 e. The number of nitrogens with one attached hydrogen (secondary N) is 1. The molecule has 0 aliphatic carbocycles. The van der Waals surface area contributed by atoms with Crippen molar-refractivity contribution in [2.75, 3.05) is 20.3 Å². The fraction of sp³-hybridized carbons (Fsp3) is 0.467. The molecule has 1 N–H and O–H groups in total. The molecular weight excluding hydrogens is 284 g/mol. The average Bonchev–Trinajstić information content (AvgIpc) is 3.15. The molecule has 7 heteroatoms. The van der Waals surface area contributed by atoms with E-state index in [1.807, 2.05) is 31.4 Å². The molecule has 1 fully saturated rings. The van der Waals surface area contributed by atoms with E-state index in [1.165, 1.54) is 0 Å². The second-order valence-electron chi connectivity index (χ2n) is 5.20. The van der Waals surface area contributed by atoms with Gasteiger partial charge in [-0.3, -0.25) is 4.68 Å². The largest absolute Gasteiger partial charge is 0.483 e. The lowest BCUT2D eigenvalue weighted by molar-refractivity contribution is 0.139. The van der Waals surface area contributed by atoms with Crippen LogP contribution in [0, 0.1) is 0 Å². The van der Waals surface area contributed by atoms with Gasteiger partial charge in [-0.05, 0) is 6.07 Å². The zero-order chi connectivity index (χ0) is 15.4. The number of ether oxygens (including phenoxy) is 3. The van der Waals surface area contributed by atoms with Gasteiger partial charge in [0.25, 0.3) is 0 Å². The average molecular weight is 304 g/mol. The molecule has 118 valence electrons. The van der Waals surface area contributed by atoms with Gasteiger partial charge >= 0.3 is 0 Å². The minimum absolute atomic E-state index is 0.0326. The predicted molar refractivity (Wildman–Crippen MR) is 79.9 cm³/mol. The van der Waals surface area contributed by atoms with Crippen molar-refractivity contribution in [3.63, 3.8) is 0 Å². The van der Waals surface area contributed by atoms with Crippen LogP contribution in [0.2, 0.25) is 0 Å². The van der Waals surface area contributed by atoms with Crippen molar-refractivity contribution in [1.82, 2.24) is 20.1 Å². The minimum Gasteiger partial charge on any atom is -0.483 e. The van der Waals surface area contributed by atoms with Crippen LogP contribution in [0.4, 0.5) is 0 Å². The van der Waals surface area contributed by atoms with Crippen LogP contribution >= 0.6 is 0 Å². The Labute approximate surface area is 129 Å². The van der Waals surface area contributed by atoms with Gasteiger partial charge in [0.05, 0.1) is 44.5 Å². The van der Waals surface area contributed by atoms with Gasteiger partial charge in [-0.2, -0.15) is 5.10 Å². The van der Waals surface area contributed by atoms with E-state index in [9.17, 15) is 0 Å². The van der Waals surface area contributed by atoms with Gasteiger partial charge in [-0.1, -0.05) is 6.07 Å². The topological polar surface area (TPSA) is 70.4 Å². The summed E-state index contributed by atoms with van der Waals surface area (Å²) in [6.45, 7) is 1.82. The highest BCUT2D eigenvalue weighted by Gasteiger charge is 2.30. The highest BCUT2D eigenvalue weighted by Crippen LogP contribution is 2.16. The van der Waals surface area contributed by atoms with Gasteiger partial charge in [0.2, 0.25) is 5.88 Å². The number of aromatic nitrogens is 3. The first-order valence-corrected chi connectivity index (χ1v) is 7.21. The first-order chi connectivity index (χ1) is 10.7. The molecule has 0 amide bonds. The maximum atomic E-state index is 5.93. The van der Waals surface area contributed by atoms with Gasteiger partial charge < -0.3 is 19.5 Å². The van der Waals surface area contributed by atoms with Crippen molar-refractivity contribution in [3.8, 4) is 11.6 Å². The third kappa shape index (κ3) is 3.55. The first-order valence-electron chi connectivity index (χ1n) is 7.21. The number of nitrogens with zero attached hydrogens (tertiary/aromatic N) is 3. The molecule has 0 radical (unpaired) electrons. The van der Waals surface area contributed by atoms with Crippen molar-refractivity contribution < 1.29 is 14.2 Å². The van der Waals surface area contributed by atoms with Crippen LogP contribution in [0.1, 0.15) is 5.69 Å². The van der Waals surface area contributed by atoms with Crippen LogP contribution in [0.5, 0.6) is 11.6 Å². The Bertz CT molecular complexity index is 616. The maximum absolute atomic E-state index is 5.93. The molecular formula is C15H20N4O3. The van der Waals surface area contributed by atoms with Gasteiger partial charge in [-0.25, -0.2) is 4.98 Å². The fourth-order valence-electron chi connectivity index (χ4n) is 2.38. The number of hydrogen-bond donors (Lipinski definition) is 1. The van der Waals surface area contributed by atoms with Crippen LogP contribution in [0.15, 0.2) is 30.6 Å². The molecule has 0 saturated carbocycles. The highest BCUT2D eigenvalue weighted by atomic mass is 16.5. The zero-order valence-electron chi connectivity index (χ0n) is 12.7. The third-order valence-electron chi connectivity index (χ3n) is 3.53. The van der Waals surface area contributed by atoms with Crippen LogP contribution < -0.4 is 14.8 Å². The summed E-state index contributed by atoms with van der Waals surface area (Å²) in [4.78, 5) is 4.38. The Kier molecular flexibility index (Phi) is 4.55. The lowest BCUT2D eigenvalue weighted by atomic mass is 10.2. The van der Waals surface area contributed by atoms with Crippen LogP contribution in [-0.2, 0) is 18.3 Å². The second-order valence-corrected chi connectivity index (χ2v) is 5.20. The molecule has 1 saturated heterocycles. The second kappa shape index (κ2) is 6.76. The van der Waals surface area contributed by atoms with Crippen molar-refractivity contribution in [3.05, 3.63) is 36.3 Å². The summed E-state index contributed by atoms with van der Waals surface area (Å²) in [5.41, 5.74) is 0.923. The third-order valence-corrected chi connectivity index (χ3v) is 3.53. The number of pyridine rings is 1. The van der Waals surface area contributed by atoms with E-state index in [0.717, 1.165) is 11.4 Å². The molecule has 2 atom stereocenters. The minimum atomic E-state index is -0.0326. The van der Waals surface area contributed by atoms with Crippen molar-refractivity contribution in [2.24, 2.45) is 7.05 Å². The zero-order valence-corrected chi connectivity index (χ0v) is 12.7. The summed E-state index contributed by atoms with van der Waals surface area (Å²) in [6, 6.07) is 5.84. The van der Waals surface area contributed by atoms with E-state index >= 15 is 0 Å². The molecule has 0 aromatic carbocycles. The molecule has 22 heavy (non-hydrogen) atoms. The van der Waals surface area contributed by atoms with Crippen LogP contribution in [-0.4, -0.2) is 47.2 Å². The lowest BCUT2D eigenvalue weighted by Crippen LogP contribution is -2.41. The number of rotatable bonds is 6. The van der Waals surface area contributed by atoms with E-state index < -0.39 is 0 Å². The Morgan fingerprint density at radius 2 is 2.32 bits per heavy atom. The predicted octanol–water partition coefficient (Wildman–Crippen LogP) is 0.760. The molecule has 0 bridgehead atoms. The van der Waals surface area contributed by atoms with E-state index in [-0.39, 0.29) is 12.1 Å². The summed E-state index contributed by atoms with van der Waals surface area (Å²) in [6.07, 6.45) is 3.52. The molecule has 1 aliphatic rings. The molecule has 0 unspecified atom stereocenters. The van der Waals surface area contributed by atoms with Gasteiger partial charge in [0, 0.05) is 19.7 Å². The van der Waals surface area contributed by atoms with Crippen molar-refractivity contribution in [2.45, 2.75) is 18.7 Å². The van der Waals surface area contributed by atoms with Crippen molar-refractivity contribution in [1.29, 1.82) is 0 Å². The standard InChI is InChI=1S/C15H20N4O3/c1-19-8-12(7-17-19)22-14-10-21-9-13(14)16-6-11-4-3-5-15(18-11)20-2/h3-5,7-8,13-14,16H,6,9-10H2,1-2H3/t13-,14+/m0/s1. The Hall–Kier alpha value is -2.12. The quantitative estimate of drug-likeness (QED) is 0.849. The molecule has 3 rings (SSSR count). The summed E-state index contributed by atoms with van der Waals surface area (Å²) >= 11 is 0. The fourth-order valence-corrected chi connectivity index (χ4v) is 2.38.